The fourth-order valence-corrected chi connectivity index (χ4v) is 1.76. The second-order valence-corrected chi connectivity index (χ2v) is 4.33. The highest BCUT2D eigenvalue weighted by Crippen LogP contribution is 2.24. The van der Waals surface area contributed by atoms with Crippen LogP contribution in [-0.2, 0) is 9.53 Å². The average molecular weight is 280 g/mol. The Bertz CT molecular complexity index is 488. The van der Waals surface area contributed by atoms with Gasteiger partial charge in [-0.3, -0.25) is 4.79 Å². The lowest BCUT2D eigenvalue weighted by molar-refractivity contribution is -0.118. The molecule has 0 unspecified atom stereocenters. The SMILES string of the molecule is CCOCCCC(=O)N(C)c1ccc(C(=O)O)cc1N. The Kier molecular flexibility index (Phi) is 5.99. The average Bonchev–Trinajstić information content (AvgIpc) is 2.42. The van der Waals surface area contributed by atoms with Crippen molar-refractivity contribution >= 4 is 23.3 Å². The number of anilines is 2. The van der Waals surface area contributed by atoms with Crippen LogP contribution in [0.3, 0.4) is 0 Å². The molecule has 6 nitrogen and oxygen atoms in total. The van der Waals surface area contributed by atoms with Crippen LogP contribution in [0, 0.1) is 0 Å². The maximum atomic E-state index is 12.0. The van der Waals surface area contributed by atoms with E-state index in [1.54, 1.807) is 13.1 Å². The van der Waals surface area contributed by atoms with Gasteiger partial charge < -0.3 is 20.5 Å². The quantitative estimate of drug-likeness (QED) is 0.586. The van der Waals surface area contributed by atoms with Crippen LogP contribution in [0.5, 0.6) is 0 Å². The van der Waals surface area contributed by atoms with E-state index < -0.39 is 5.97 Å². The number of hydrogen-bond donors (Lipinski definition) is 2. The third-order valence-corrected chi connectivity index (χ3v) is 2.89. The maximum Gasteiger partial charge on any atom is 0.335 e. The van der Waals surface area contributed by atoms with Gasteiger partial charge in [0.15, 0.2) is 0 Å². The van der Waals surface area contributed by atoms with Crippen molar-refractivity contribution < 1.29 is 19.4 Å². The smallest absolute Gasteiger partial charge is 0.335 e. The van der Waals surface area contributed by atoms with E-state index in [4.69, 9.17) is 15.6 Å². The van der Waals surface area contributed by atoms with E-state index in [2.05, 4.69) is 0 Å². The summed E-state index contributed by atoms with van der Waals surface area (Å²) in [6.07, 6.45) is 1.00. The van der Waals surface area contributed by atoms with Crippen molar-refractivity contribution in [1.29, 1.82) is 0 Å². The number of carboxylic acid groups (broad SMARTS) is 1. The zero-order chi connectivity index (χ0) is 15.1. The highest BCUT2D eigenvalue weighted by atomic mass is 16.5. The van der Waals surface area contributed by atoms with Gasteiger partial charge in [-0.1, -0.05) is 0 Å². The molecule has 1 aromatic rings. The monoisotopic (exact) mass is 280 g/mol. The molecule has 0 aliphatic rings. The highest BCUT2D eigenvalue weighted by molar-refractivity contribution is 5.97. The van der Waals surface area contributed by atoms with Gasteiger partial charge in [-0.25, -0.2) is 4.79 Å². The second kappa shape index (κ2) is 7.49. The molecule has 0 radical (unpaired) electrons. The lowest BCUT2D eigenvalue weighted by Crippen LogP contribution is -2.27. The zero-order valence-corrected chi connectivity index (χ0v) is 11.8. The summed E-state index contributed by atoms with van der Waals surface area (Å²) >= 11 is 0. The van der Waals surface area contributed by atoms with E-state index in [1.165, 1.54) is 17.0 Å². The van der Waals surface area contributed by atoms with Crippen molar-refractivity contribution in [2.75, 3.05) is 30.9 Å². The summed E-state index contributed by atoms with van der Waals surface area (Å²) in [6, 6.07) is 4.32. The van der Waals surface area contributed by atoms with Crippen LogP contribution < -0.4 is 10.6 Å². The lowest BCUT2D eigenvalue weighted by Gasteiger charge is -2.19. The Morgan fingerprint density at radius 2 is 2.10 bits per heavy atom. The third kappa shape index (κ3) is 4.24. The van der Waals surface area contributed by atoms with Gasteiger partial charge in [0.1, 0.15) is 0 Å². The van der Waals surface area contributed by atoms with Crippen LogP contribution >= 0.6 is 0 Å². The number of ether oxygens (including phenoxy) is 1. The number of carbonyl (C=O) groups is 2. The molecule has 1 aromatic carbocycles. The topological polar surface area (TPSA) is 92.9 Å². The van der Waals surface area contributed by atoms with Crippen molar-refractivity contribution in [3.05, 3.63) is 23.8 Å². The number of carboxylic acids is 1. The molecule has 0 saturated heterocycles. The summed E-state index contributed by atoms with van der Waals surface area (Å²) < 4.78 is 5.17. The summed E-state index contributed by atoms with van der Waals surface area (Å²) in [7, 11) is 1.62. The van der Waals surface area contributed by atoms with Crippen molar-refractivity contribution in [3.63, 3.8) is 0 Å². The van der Waals surface area contributed by atoms with Gasteiger partial charge in [0.25, 0.3) is 0 Å². The molecular weight excluding hydrogens is 260 g/mol. The predicted octanol–water partition coefficient (Wildman–Crippen LogP) is 1.75. The second-order valence-electron chi connectivity index (χ2n) is 4.33. The number of rotatable bonds is 7. The summed E-state index contributed by atoms with van der Waals surface area (Å²) in [6.45, 7) is 3.08. The van der Waals surface area contributed by atoms with E-state index in [1.807, 2.05) is 6.92 Å². The molecule has 0 bridgehead atoms. The van der Waals surface area contributed by atoms with Crippen LogP contribution in [0.25, 0.3) is 0 Å². The van der Waals surface area contributed by atoms with Gasteiger partial charge in [-0.2, -0.15) is 0 Å². The van der Waals surface area contributed by atoms with Crippen molar-refractivity contribution in [2.45, 2.75) is 19.8 Å². The molecule has 6 heteroatoms. The van der Waals surface area contributed by atoms with E-state index in [0.29, 0.717) is 31.7 Å². The minimum atomic E-state index is -1.05. The first kappa shape index (κ1) is 16.0. The van der Waals surface area contributed by atoms with Crippen LogP contribution in [0.15, 0.2) is 18.2 Å². The largest absolute Gasteiger partial charge is 0.478 e. The fraction of sp³-hybridized carbons (Fsp3) is 0.429. The number of carbonyl (C=O) groups excluding carboxylic acids is 1. The van der Waals surface area contributed by atoms with Gasteiger partial charge in [0.2, 0.25) is 5.91 Å². The fourth-order valence-electron chi connectivity index (χ4n) is 1.76. The summed E-state index contributed by atoms with van der Waals surface area (Å²) in [5.41, 5.74) is 6.67. The molecule has 0 aromatic heterocycles. The molecule has 3 N–H and O–H groups in total. The highest BCUT2D eigenvalue weighted by Gasteiger charge is 2.14. The number of nitrogen functional groups attached to an aromatic ring is 1. The number of nitrogens with zero attached hydrogens (tertiary/aromatic N) is 1. The molecular formula is C14H20N2O4. The minimum Gasteiger partial charge on any atom is -0.478 e. The van der Waals surface area contributed by atoms with E-state index >= 15 is 0 Å². The van der Waals surface area contributed by atoms with Gasteiger partial charge >= 0.3 is 5.97 Å². The standard InChI is InChI=1S/C14H20N2O4/c1-3-20-8-4-5-13(17)16(2)12-7-6-10(14(18)19)9-11(12)15/h6-7,9H,3-5,8,15H2,1-2H3,(H,18,19). The molecule has 0 heterocycles. The summed E-state index contributed by atoms with van der Waals surface area (Å²) in [4.78, 5) is 24.2. The minimum absolute atomic E-state index is 0.0838. The van der Waals surface area contributed by atoms with Gasteiger partial charge in [0, 0.05) is 26.7 Å². The number of amides is 1. The first-order valence-electron chi connectivity index (χ1n) is 6.44. The normalized spacial score (nSPS) is 10.3. The Hall–Kier alpha value is -2.08. The van der Waals surface area contributed by atoms with E-state index in [9.17, 15) is 9.59 Å². The Balaban J connectivity index is 2.69. The molecule has 1 amide bonds. The van der Waals surface area contributed by atoms with E-state index in [0.717, 1.165) is 0 Å². The summed E-state index contributed by atoms with van der Waals surface area (Å²) in [5, 5.41) is 8.86. The van der Waals surface area contributed by atoms with Crippen molar-refractivity contribution in [2.24, 2.45) is 0 Å². The van der Waals surface area contributed by atoms with Crippen LogP contribution in [0.2, 0.25) is 0 Å². The summed E-state index contributed by atoms with van der Waals surface area (Å²) in [5.74, 6) is -1.13. The molecule has 1 rings (SSSR count). The molecule has 20 heavy (non-hydrogen) atoms. The molecule has 0 aliphatic carbocycles. The van der Waals surface area contributed by atoms with Crippen molar-refractivity contribution in [3.8, 4) is 0 Å². The number of nitrogens with two attached hydrogens (primary N) is 1. The van der Waals surface area contributed by atoms with Gasteiger partial charge in [0.05, 0.1) is 16.9 Å². The Labute approximate surface area is 118 Å². The van der Waals surface area contributed by atoms with Crippen LogP contribution in [0.1, 0.15) is 30.1 Å². The Morgan fingerprint density at radius 1 is 1.40 bits per heavy atom. The first-order chi connectivity index (χ1) is 9.47. The molecule has 0 fully saturated rings. The van der Waals surface area contributed by atoms with Crippen molar-refractivity contribution in [1.82, 2.24) is 0 Å². The molecule has 0 saturated carbocycles. The number of aromatic carboxylic acids is 1. The maximum absolute atomic E-state index is 12.0. The zero-order valence-electron chi connectivity index (χ0n) is 11.8. The number of hydrogen-bond acceptors (Lipinski definition) is 4. The first-order valence-corrected chi connectivity index (χ1v) is 6.44. The molecule has 0 atom stereocenters. The Morgan fingerprint density at radius 3 is 2.65 bits per heavy atom. The van der Waals surface area contributed by atoms with E-state index in [-0.39, 0.29) is 17.2 Å². The third-order valence-electron chi connectivity index (χ3n) is 2.89. The number of benzene rings is 1. The van der Waals surface area contributed by atoms with Gasteiger partial charge in [-0.15, -0.1) is 0 Å². The van der Waals surface area contributed by atoms with Crippen LogP contribution in [-0.4, -0.2) is 37.2 Å². The molecule has 110 valence electrons. The molecule has 0 aliphatic heterocycles. The predicted molar refractivity (Wildman–Crippen MR) is 77.0 cm³/mol. The van der Waals surface area contributed by atoms with Crippen LogP contribution in [0.4, 0.5) is 11.4 Å². The van der Waals surface area contributed by atoms with Gasteiger partial charge in [-0.05, 0) is 31.5 Å². The molecule has 0 spiro atoms. The lowest BCUT2D eigenvalue weighted by atomic mass is 10.1.